The SMILES string of the molecule is CC1(C)NC(=O)N(Cc2cc3c(cc2N)OCCO3)C1=O. The molecular formula is C14H17N3O4. The minimum atomic E-state index is -0.889. The van der Waals surface area contributed by atoms with E-state index in [-0.39, 0.29) is 12.5 Å². The standard InChI is InChI=1S/C14H17N3O4/c1-14(2)12(18)17(13(19)16-14)7-8-5-10-11(6-9(8)15)21-4-3-20-10/h5-6H,3-4,7,15H2,1-2H3,(H,16,19). The lowest BCUT2D eigenvalue weighted by atomic mass is 10.1. The number of nitrogens with two attached hydrogens (primary N) is 1. The predicted octanol–water partition coefficient (Wildman–Crippen LogP) is 0.870. The van der Waals surface area contributed by atoms with Crippen LogP contribution in [-0.4, -0.2) is 35.6 Å². The number of carbonyl (C=O) groups excluding carboxylic acids is 2. The summed E-state index contributed by atoms with van der Waals surface area (Å²) in [5.74, 6) is 0.888. The first-order valence-electron chi connectivity index (χ1n) is 6.70. The molecule has 0 aliphatic carbocycles. The first kappa shape index (κ1) is 13.5. The zero-order chi connectivity index (χ0) is 15.2. The van der Waals surface area contributed by atoms with Crippen LogP contribution >= 0.6 is 0 Å². The Morgan fingerprint density at radius 3 is 2.43 bits per heavy atom. The minimum Gasteiger partial charge on any atom is -0.486 e. The van der Waals surface area contributed by atoms with Gasteiger partial charge in [0.1, 0.15) is 18.8 Å². The third-order valence-corrected chi connectivity index (χ3v) is 3.58. The lowest BCUT2D eigenvalue weighted by Crippen LogP contribution is -2.40. The van der Waals surface area contributed by atoms with Crippen molar-refractivity contribution in [3.63, 3.8) is 0 Å². The smallest absolute Gasteiger partial charge is 0.325 e. The van der Waals surface area contributed by atoms with Crippen molar-refractivity contribution in [3.05, 3.63) is 17.7 Å². The van der Waals surface area contributed by atoms with Crippen molar-refractivity contribution in [2.75, 3.05) is 18.9 Å². The topological polar surface area (TPSA) is 93.9 Å². The summed E-state index contributed by atoms with van der Waals surface area (Å²) in [6, 6.07) is 2.96. The van der Waals surface area contributed by atoms with Crippen LogP contribution in [0.2, 0.25) is 0 Å². The average Bonchev–Trinajstić information content (AvgIpc) is 2.61. The van der Waals surface area contributed by atoms with Gasteiger partial charge in [-0.2, -0.15) is 0 Å². The molecule has 1 aromatic rings. The molecule has 3 amide bonds. The summed E-state index contributed by atoms with van der Waals surface area (Å²) in [5, 5.41) is 2.64. The number of carbonyl (C=O) groups is 2. The van der Waals surface area contributed by atoms with Gasteiger partial charge in [0.25, 0.3) is 5.91 Å². The number of rotatable bonds is 2. The number of urea groups is 1. The second kappa shape index (κ2) is 4.54. The average molecular weight is 291 g/mol. The minimum absolute atomic E-state index is 0.108. The van der Waals surface area contributed by atoms with Crippen molar-refractivity contribution in [1.82, 2.24) is 10.2 Å². The number of nitrogens with zero attached hydrogens (tertiary/aromatic N) is 1. The third kappa shape index (κ3) is 2.24. The fourth-order valence-electron chi connectivity index (χ4n) is 2.42. The van der Waals surface area contributed by atoms with Crippen LogP contribution in [0.25, 0.3) is 0 Å². The number of nitrogen functional groups attached to an aromatic ring is 1. The van der Waals surface area contributed by atoms with Gasteiger partial charge >= 0.3 is 6.03 Å². The Hall–Kier alpha value is -2.44. The zero-order valence-corrected chi connectivity index (χ0v) is 11.9. The third-order valence-electron chi connectivity index (χ3n) is 3.58. The van der Waals surface area contributed by atoms with Gasteiger partial charge in [0.2, 0.25) is 0 Å². The van der Waals surface area contributed by atoms with Crippen molar-refractivity contribution < 1.29 is 19.1 Å². The highest BCUT2D eigenvalue weighted by Crippen LogP contribution is 2.35. The molecule has 0 unspecified atom stereocenters. The number of fused-ring (bicyclic) bond motifs is 1. The normalized spacial score (nSPS) is 19.6. The molecule has 7 heteroatoms. The van der Waals surface area contributed by atoms with E-state index in [0.717, 1.165) is 4.90 Å². The van der Waals surface area contributed by atoms with Crippen molar-refractivity contribution >= 4 is 17.6 Å². The van der Waals surface area contributed by atoms with E-state index in [2.05, 4.69) is 5.32 Å². The Kier molecular flexibility index (Phi) is 2.93. The second-order valence-electron chi connectivity index (χ2n) is 5.64. The molecule has 21 heavy (non-hydrogen) atoms. The number of imide groups is 1. The van der Waals surface area contributed by atoms with Crippen LogP contribution in [0.3, 0.4) is 0 Å². The van der Waals surface area contributed by atoms with Crippen LogP contribution in [0.15, 0.2) is 12.1 Å². The Bertz CT molecular complexity index is 627. The molecule has 1 aromatic carbocycles. The molecule has 0 aromatic heterocycles. The fraction of sp³-hybridized carbons (Fsp3) is 0.429. The van der Waals surface area contributed by atoms with Crippen molar-refractivity contribution in [1.29, 1.82) is 0 Å². The summed E-state index contributed by atoms with van der Waals surface area (Å²) in [5.41, 5.74) is 6.20. The summed E-state index contributed by atoms with van der Waals surface area (Å²) in [4.78, 5) is 25.2. The van der Waals surface area contributed by atoms with E-state index in [1.54, 1.807) is 26.0 Å². The van der Waals surface area contributed by atoms with E-state index in [9.17, 15) is 9.59 Å². The molecule has 0 bridgehead atoms. The van der Waals surface area contributed by atoms with E-state index in [1.165, 1.54) is 0 Å². The Balaban J connectivity index is 1.88. The molecule has 2 heterocycles. The molecule has 1 fully saturated rings. The summed E-state index contributed by atoms with van der Waals surface area (Å²) < 4.78 is 10.9. The molecule has 3 rings (SSSR count). The molecule has 0 saturated carbocycles. The molecule has 2 aliphatic rings. The predicted molar refractivity (Wildman–Crippen MR) is 75.0 cm³/mol. The van der Waals surface area contributed by atoms with Crippen LogP contribution in [-0.2, 0) is 11.3 Å². The molecule has 0 spiro atoms. The number of nitrogens with one attached hydrogen (secondary N) is 1. The van der Waals surface area contributed by atoms with E-state index in [4.69, 9.17) is 15.2 Å². The molecule has 0 radical (unpaired) electrons. The largest absolute Gasteiger partial charge is 0.486 e. The Morgan fingerprint density at radius 2 is 1.86 bits per heavy atom. The zero-order valence-electron chi connectivity index (χ0n) is 11.9. The summed E-state index contributed by atoms with van der Waals surface area (Å²) >= 11 is 0. The van der Waals surface area contributed by atoms with Crippen LogP contribution < -0.4 is 20.5 Å². The highest BCUT2D eigenvalue weighted by molar-refractivity contribution is 6.06. The summed E-state index contributed by atoms with van der Waals surface area (Å²) in [6.45, 7) is 4.39. The molecule has 1 saturated heterocycles. The molecule has 7 nitrogen and oxygen atoms in total. The fourth-order valence-corrected chi connectivity index (χ4v) is 2.42. The number of ether oxygens (including phenoxy) is 2. The van der Waals surface area contributed by atoms with Crippen LogP contribution in [0, 0.1) is 0 Å². The summed E-state index contributed by atoms with van der Waals surface area (Å²) in [7, 11) is 0. The van der Waals surface area contributed by atoms with Gasteiger partial charge < -0.3 is 20.5 Å². The van der Waals surface area contributed by atoms with E-state index >= 15 is 0 Å². The van der Waals surface area contributed by atoms with Crippen molar-refractivity contribution in [2.45, 2.75) is 25.9 Å². The maximum absolute atomic E-state index is 12.2. The molecular weight excluding hydrogens is 274 g/mol. The maximum atomic E-state index is 12.2. The second-order valence-corrected chi connectivity index (χ2v) is 5.64. The summed E-state index contributed by atoms with van der Waals surface area (Å²) in [6.07, 6.45) is 0. The van der Waals surface area contributed by atoms with Crippen molar-refractivity contribution in [2.24, 2.45) is 0 Å². The highest BCUT2D eigenvalue weighted by atomic mass is 16.6. The maximum Gasteiger partial charge on any atom is 0.325 e. The molecule has 0 atom stereocenters. The Morgan fingerprint density at radius 1 is 1.24 bits per heavy atom. The lowest BCUT2D eigenvalue weighted by molar-refractivity contribution is -0.130. The van der Waals surface area contributed by atoms with Crippen LogP contribution in [0.5, 0.6) is 11.5 Å². The van der Waals surface area contributed by atoms with Gasteiger partial charge in [-0.1, -0.05) is 0 Å². The van der Waals surface area contributed by atoms with Crippen LogP contribution in [0.4, 0.5) is 10.5 Å². The van der Waals surface area contributed by atoms with E-state index < -0.39 is 11.6 Å². The molecule has 3 N–H and O–H groups in total. The number of hydrogen-bond donors (Lipinski definition) is 2. The molecule has 2 aliphatic heterocycles. The van der Waals surface area contributed by atoms with Gasteiger partial charge in [-0.3, -0.25) is 9.69 Å². The van der Waals surface area contributed by atoms with Crippen molar-refractivity contribution in [3.8, 4) is 11.5 Å². The number of benzene rings is 1. The van der Waals surface area contributed by atoms with Gasteiger partial charge in [-0.15, -0.1) is 0 Å². The quantitative estimate of drug-likeness (QED) is 0.623. The van der Waals surface area contributed by atoms with Crippen LogP contribution in [0.1, 0.15) is 19.4 Å². The first-order valence-corrected chi connectivity index (χ1v) is 6.70. The van der Waals surface area contributed by atoms with Gasteiger partial charge in [0.15, 0.2) is 11.5 Å². The van der Waals surface area contributed by atoms with Gasteiger partial charge in [-0.25, -0.2) is 4.79 Å². The lowest BCUT2D eigenvalue weighted by Gasteiger charge is -2.21. The monoisotopic (exact) mass is 291 g/mol. The van der Waals surface area contributed by atoms with Gasteiger partial charge in [0, 0.05) is 11.8 Å². The van der Waals surface area contributed by atoms with E-state index in [0.29, 0.717) is 36.0 Å². The highest BCUT2D eigenvalue weighted by Gasteiger charge is 2.44. The van der Waals surface area contributed by atoms with E-state index in [1.807, 2.05) is 0 Å². The molecule has 112 valence electrons. The Labute approximate surface area is 122 Å². The first-order chi connectivity index (χ1) is 9.88. The van der Waals surface area contributed by atoms with Gasteiger partial charge in [0.05, 0.1) is 6.54 Å². The number of amides is 3. The number of anilines is 1. The number of hydrogen-bond acceptors (Lipinski definition) is 5. The van der Waals surface area contributed by atoms with Gasteiger partial charge in [-0.05, 0) is 25.5 Å².